The van der Waals surface area contributed by atoms with E-state index in [0.29, 0.717) is 19.6 Å². The molecule has 9 nitrogen and oxygen atoms in total. The number of nitrogens with zero attached hydrogens (tertiary/aromatic N) is 3. The number of anilines is 1. The molecule has 1 saturated heterocycles. The van der Waals surface area contributed by atoms with Gasteiger partial charge in [-0.2, -0.15) is 0 Å². The number of aromatic amines is 1. The lowest BCUT2D eigenvalue weighted by Crippen LogP contribution is -2.35. The molecule has 1 aliphatic heterocycles. The zero-order valence-electron chi connectivity index (χ0n) is 15.4. The van der Waals surface area contributed by atoms with Crippen LogP contribution in [0.3, 0.4) is 0 Å². The summed E-state index contributed by atoms with van der Waals surface area (Å²) in [4.78, 5) is 24.5. The molecule has 0 spiro atoms. The van der Waals surface area contributed by atoms with Crippen molar-refractivity contribution in [3.05, 3.63) is 42.2 Å². The van der Waals surface area contributed by atoms with E-state index in [4.69, 9.17) is 4.42 Å². The number of amides is 1. The van der Waals surface area contributed by atoms with Crippen LogP contribution in [0.5, 0.6) is 0 Å². The molecule has 3 heterocycles. The number of para-hydroxylation sites is 2. The van der Waals surface area contributed by atoms with Gasteiger partial charge in [-0.15, -0.1) is 0 Å². The van der Waals surface area contributed by atoms with Crippen LogP contribution >= 0.6 is 0 Å². The first kappa shape index (κ1) is 18.5. The van der Waals surface area contributed by atoms with Gasteiger partial charge >= 0.3 is 0 Å². The minimum absolute atomic E-state index is 0.0195. The first-order valence-electron chi connectivity index (χ1n) is 9.00. The number of carbonyl (C=O) groups excluding carboxylic acids is 1. The Labute approximate surface area is 162 Å². The Balaban J connectivity index is 1.47. The van der Waals surface area contributed by atoms with Gasteiger partial charge in [0, 0.05) is 26.2 Å². The first-order valence-corrected chi connectivity index (χ1v) is 10.5. The summed E-state index contributed by atoms with van der Waals surface area (Å²) in [6.45, 7) is 2.43. The number of aromatic nitrogens is 2. The summed E-state index contributed by atoms with van der Waals surface area (Å²) in [5, 5.41) is -0.267. The maximum atomic E-state index is 12.7. The lowest BCUT2D eigenvalue weighted by atomic mass is 10.3. The van der Waals surface area contributed by atoms with Crippen molar-refractivity contribution in [2.24, 2.45) is 0 Å². The number of fused-ring (bicyclic) bond motifs is 1. The SMILES string of the molecule is CNS(=O)(=O)c1ccc(C(=O)N2CCCN(c3nc4ccccc4[nH]3)CC2)o1. The smallest absolute Gasteiger partial charge is 0.289 e. The lowest BCUT2D eigenvalue weighted by Gasteiger charge is -2.21. The first-order chi connectivity index (χ1) is 13.5. The molecule has 2 N–H and O–H groups in total. The van der Waals surface area contributed by atoms with E-state index < -0.39 is 10.0 Å². The summed E-state index contributed by atoms with van der Waals surface area (Å²) >= 11 is 0. The molecule has 0 aliphatic carbocycles. The number of sulfonamides is 1. The number of nitrogens with one attached hydrogen (secondary N) is 2. The van der Waals surface area contributed by atoms with Crippen LogP contribution in [0.25, 0.3) is 11.0 Å². The van der Waals surface area contributed by atoms with Crippen LogP contribution in [0.1, 0.15) is 17.0 Å². The van der Waals surface area contributed by atoms with Crippen LogP contribution < -0.4 is 9.62 Å². The number of benzene rings is 1. The van der Waals surface area contributed by atoms with Gasteiger partial charge in [-0.1, -0.05) is 12.1 Å². The third kappa shape index (κ3) is 3.48. The summed E-state index contributed by atoms with van der Waals surface area (Å²) < 4.78 is 31.0. The molecule has 10 heteroatoms. The number of H-pyrrole nitrogens is 1. The molecule has 0 unspecified atom stereocenters. The van der Waals surface area contributed by atoms with Gasteiger partial charge in [0.25, 0.3) is 15.9 Å². The fraction of sp³-hybridized carbons (Fsp3) is 0.333. The van der Waals surface area contributed by atoms with Crippen molar-refractivity contribution in [1.29, 1.82) is 0 Å². The van der Waals surface area contributed by atoms with Gasteiger partial charge < -0.3 is 19.2 Å². The molecule has 1 amide bonds. The molecule has 3 aromatic rings. The van der Waals surface area contributed by atoms with Gasteiger partial charge in [0.2, 0.25) is 11.0 Å². The molecule has 148 valence electrons. The monoisotopic (exact) mass is 403 g/mol. The van der Waals surface area contributed by atoms with Crippen molar-refractivity contribution in [2.45, 2.75) is 11.5 Å². The van der Waals surface area contributed by atoms with Gasteiger partial charge in [-0.25, -0.2) is 18.1 Å². The standard InChI is InChI=1S/C18H21N5O4S/c1-19-28(25,26)16-8-7-15(27-16)17(24)22-9-4-10-23(12-11-22)18-20-13-5-2-3-6-14(13)21-18/h2-3,5-8,19H,4,9-12H2,1H3,(H,20,21). The maximum Gasteiger partial charge on any atom is 0.289 e. The van der Waals surface area contributed by atoms with E-state index in [1.54, 1.807) is 4.90 Å². The van der Waals surface area contributed by atoms with Crippen LogP contribution in [0.4, 0.5) is 5.95 Å². The highest BCUT2D eigenvalue weighted by molar-refractivity contribution is 7.89. The van der Waals surface area contributed by atoms with Gasteiger partial charge in [0.15, 0.2) is 5.76 Å². The highest BCUT2D eigenvalue weighted by Gasteiger charge is 2.25. The predicted octanol–water partition coefficient (Wildman–Crippen LogP) is 1.42. The summed E-state index contributed by atoms with van der Waals surface area (Å²) in [5.74, 6) is 0.492. The van der Waals surface area contributed by atoms with Gasteiger partial charge in [-0.3, -0.25) is 4.79 Å². The predicted molar refractivity (Wildman–Crippen MR) is 104 cm³/mol. The zero-order chi connectivity index (χ0) is 19.7. The summed E-state index contributed by atoms with van der Waals surface area (Å²) in [6.07, 6.45) is 0.769. The van der Waals surface area contributed by atoms with Crippen molar-refractivity contribution in [2.75, 3.05) is 38.1 Å². The summed E-state index contributed by atoms with van der Waals surface area (Å²) in [7, 11) is -2.42. The molecule has 0 bridgehead atoms. The van der Waals surface area contributed by atoms with Crippen molar-refractivity contribution < 1.29 is 17.6 Å². The van der Waals surface area contributed by atoms with Crippen molar-refractivity contribution in [1.82, 2.24) is 19.6 Å². The minimum Gasteiger partial charge on any atom is -0.438 e. The molecule has 2 aromatic heterocycles. The number of hydrogen-bond acceptors (Lipinski definition) is 6. The number of rotatable bonds is 4. The number of furan rings is 1. The van der Waals surface area contributed by atoms with E-state index in [1.165, 1.54) is 19.2 Å². The van der Waals surface area contributed by atoms with E-state index in [9.17, 15) is 13.2 Å². The molecular weight excluding hydrogens is 382 g/mol. The maximum absolute atomic E-state index is 12.7. The second-order valence-electron chi connectivity index (χ2n) is 6.54. The minimum atomic E-state index is -3.71. The van der Waals surface area contributed by atoms with E-state index in [1.807, 2.05) is 24.3 Å². The fourth-order valence-electron chi connectivity index (χ4n) is 3.26. The highest BCUT2D eigenvalue weighted by Crippen LogP contribution is 2.20. The molecular formula is C18H21N5O4S. The zero-order valence-corrected chi connectivity index (χ0v) is 16.2. The largest absolute Gasteiger partial charge is 0.438 e. The molecule has 1 fully saturated rings. The Hall–Kier alpha value is -2.85. The van der Waals surface area contributed by atoms with Gasteiger partial charge in [-0.05, 0) is 37.7 Å². The Morgan fingerprint density at radius 2 is 1.96 bits per heavy atom. The summed E-state index contributed by atoms with van der Waals surface area (Å²) in [5.41, 5.74) is 1.88. The molecule has 1 aromatic carbocycles. The molecule has 28 heavy (non-hydrogen) atoms. The van der Waals surface area contributed by atoms with Gasteiger partial charge in [0.1, 0.15) is 0 Å². The Morgan fingerprint density at radius 1 is 1.14 bits per heavy atom. The average Bonchev–Trinajstić information content (AvgIpc) is 3.29. The quantitative estimate of drug-likeness (QED) is 0.681. The highest BCUT2D eigenvalue weighted by atomic mass is 32.2. The third-order valence-electron chi connectivity index (χ3n) is 4.79. The topological polar surface area (TPSA) is 112 Å². The van der Waals surface area contributed by atoms with Crippen LogP contribution in [0, 0.1) is 0 Å². The second kappa shape index (κ2) is 7.28. The van der Waals surface area contributed by atoms with E-state index in [0.717, 1.165) is 29.9 Å². The van der Waals surface area contributed by atoms with Crippen LogP contribution in [-0.2, 0) is 10.0 Å². The number of hydrogen-bond donors (Lipinski definition) is 2. The molecule has 1 aliphatic rings. The van der Waals surface area contributed by atoms with Crippen molar-refractivity contribution in [3.63, 3.8) is 0 Å². The molecule has 4 rings (SSSR count). The van der Waals surface area contributed by atoms with Crippen molar-refractivity contribution >= 4 is 32.9 Å². The lowest BCUT2D eigenvalue weighted by molar-refractivity contribution is 0.0729. The van der Waals surface area contributed by atoms with E-state index in [2.05, 4.69) is 19.6 Å². The average molecular weight is 403 g/mol. The van der Waals surface area contributed by atoms with E-state index in [-0.39, 0.29) is 16.8 Å². The molecule has 0 radical (unpaired) electrons. The number of imidazole rings is 1. The van der Waals surface area contributed by atoms with Gasteiger partial charge in [0.05, 0.1) is 11.0 Å². The number of carbonyl (C=O) groups is 1. The normalized spacial score (nSPS) is 15.8. The van der Waals surface area contributed by atoms with E-state index >= 15 is 0 Å². The second-order valence-corrected chi connectivity index (χ2v) is 8.35. The molecule has 0 atom stereocenters. The molecule has 0 saturated carbocycles. The Morgan fingerprint density at radius 3 is 2.75 bits per heavy atom. The van der Waals surface area contributed by atoms with Crippen LogP contribution in [-0.4, -0.2) is 62.4 Å². The third-order valence-corrected chi connectivity index (χ3v) is 6.07. The summed E-state index contributed by atoms with van der Waals surface area (Å²) in [6, 6.07) is 10.5. The van der Waals surface area contributed by atoms with Crippen LogP contribution in [0.15, 0.2) is 45.9 Å². The Kier molecular flexibility index (Phi) is 4.82. The van der Waals surface area contributed by atoms with Crippen molar-refractivity contribution in [3.8, 4) is 0 Å². The Bertz CT molecular complexity index is 1070. The fourth-order valence-corrected chi connectivity index (χ4v) is 3.91. The van der Waals surface area contributed by atoms with Crippen LogP contribution in [0.2, 0.25) is 0 Å².